The lowest BCUT2D eigenvalue weighted by atomic mass is 10.0. The van der Waals surface area contributed by atoms with Gasteiger partial charge in [-0.1, -0.05) is 24.3 Å². The van der Waals surface area contributed by atoms with Crippen molar-refractivity contribution in [1.82, 2.24) is 19.8 Å². The predicted octanol–water partition coefficient (Wildman–Crippen LogP) is 4.58. The van der Waals surface area contributed by atoms with Crippen LogP contribution in [0.2, 0.25) is 0 Å². The molecule has 9 nitrogen and oxygen atoms in total. The molecule has 2 aromatic heterocycles. The molecule has 0 saturated carbocycles. The summed E-state index contributed by atoms with van der Waals surface area (Å²) >= 11 is 5.75. The van der Waals surface area contributed by atoms with Crippen LogP contribution in [0.3, 0.4) is 0 Å². The number of hydrogen-bond donors (Lipinski definition) is 3. The van der Waals surface area contributed by atoms with Gasteiger partial charge in [0, 0.05) is 36.7 Å². The minimum absolute atomic E-state index is 0.174. The molecule has 1 saturated heterocycles. The van der Waals surface area contributed by atoms with Crippen LogP contribution in [0.5, 0.6) is 5.75 Å². The monoisotopic (exact) mass is 541 g/mol. The number of nitrogens with zero attached hydrogens (tertiary/aromatic N) is 3. The Balaban J connectivity index is 1.46. The predicted molar refractivity (Wildman–Crippen MR) is 151 cm³/mol. The third-order valence-corrected chi connectivity index (χ3v) is 6.97. The first-order valence-electron chi connectivity index (χ1n) is 12.4. The van der Waals surface area contributed by atoms with Gasteiger partial charge in [-0.05, 0) is 66.8 Å². The van der Waals surface area contributed by atoms with Crippen LogP contribution in [-0.2, 0) is 4.79 Å². The largest absolute Gasteiger partial charge is 0.495 e. The number of anilines is 1. The maximum Gasteiger partial charge on any atom is 0.335 e. The van der Waals surface area contributed by atoms with E-state index in [9.17, 15) is 14.7 Å². The molecule has 3 heterocycles. The van der Waals surface area contributed by atoms with Crippen LogP contribution in [0.15, 0.2) is 91.3 Å². The number of aromatic carboxylic acids is 1. The van der Waals surface area contributed by atoms with E-state index in [0.717, 1.165) is 11.4 Å². The number of carboxylic acids is 1. The number of carbonyl (C=O) groups excluding carboxylic acids is 1. The van der Waals surface area contributed by atoms with Crippen molar-refractivity contribution in [3.05, 3.63) is 108 Å². The molecule has 0 radical (unpaired) electrons. The molecular formula is C29H27N5O4S. The summed E-state index contributed by atoms with van der Waals surface area (Å²) < 4.78 is 7.30. The van der Waals surface area contributed by atoms with E-state index in [0.29, 0.717) is 28.8 Å². The van der Waals surface area contributed by atoms with Crippen LogP contribution in [-0.4, -0.2) is 50.2 Å². The van der Waals surface area contributed by atoms with Crippen molar-refractivity contribution in [3.8, 4) is 11.4 Å². The molecular weight excluding hydrogens is 514 g/mol. The van der Waals surface area contributed by atoms with Crippen LogP contribution in [0.4, 0.5) is 5.69 Å². The average Bonchev–Trinajstić information content (AvgIpc) is 3.57. The van der Waals surface area contributed by atoms with Crippen molar-refractivity contribution in [2.24, 2.45) is 0 Å². The number of amides is 1. The van der Waals surface area contributed by atoms with Gasteiger partial charge in [0.05, 0.1) is 36.1 Å². The van der Waals surface area contributed by atoms with Gasteiger partial charge in [-0.25, -0.2) is 4.79 Å². The standard InChI is InChI=1S/C29H27N5O4S/c1-38-24-13-3-2-10-21(24)31-25(35)14-17-34-27(26(32-29(34)39)22-11-4-5-15-30-22)23-12-7-16-33(23)20-9-6-8-19(18-20)28(36)37/h2-13,15-16,18,26-27H,14,17H2,1H3,(H,31,35)(H,32,39)(H,36,37)/t26-,27-/m0/s1. The third-order valence-electron chi connectivity index (χ3n) is 6.61. The minimum Gasteiger partial charge on any atom is -0.495 e. The number of pyridine rings is 1. The first-order chi connectivity index (χ1) is 19.0. The molecule has 10 heteroatoms. The number of aromatic nitrogens is 2. The zero-order valence-electron chi connectivity index (χ0n) is 21.2. The number of nitrogens with one attached hydrogen (secondary N) is 2. The normalized spacial score (nSPS) is 16.5. The Labute approximate surface area is 231 Å². The van der Waals surface area contributed by atoms with Gasteiger partial charge in [-0.3, -0.25) is 9.78 Å². The topological polar surface area (TPSA) is 109 Å². The van der Waals surface area contributed by atoms with Gasteiger partial charge in [0.15, 0.2) is 5.11 Å². The second-order valence-corrected chi connectivity index (χ2v) is 9.36. The fourth-order valence-corrected chi connectivity index (χ4v) is 5.14. The Morgan fingerprint density at radius 3 is 2.67 bits per heavy atom. The van der Waals surface area contributed by atoms with Gasteiger partial charge in [0.1, 0.15) is 5.75 Å². The SMILES string of the molecule is COc1ccccc1NC(=O)CCN1C(=S)N[C@@H](c2ccccn2)[C@@H]1c1cccn1-c1cccc(C(=O)O)c1. The second kappa shape index (κ2) is 11.4. The van der Waals surface area contributed by atoms with Crippen LogP contribution in [0.25, 0.3) is 5.69 Å². The molecule has 1 amide bonds. The highest BCUT2D eigenvalue weighted by Gasteiger charge is 2.41. The zero-order chi connectivity index (χ0) is 27.4. The summed E-state index contributed by atoms with van der Waals surface area (Å²) in [7, 11) is 1.56. The Morgan fingerprint density at radius 1 is 1.08 bits per heavy atom. The van der Waals surface area contributed by atoms with Crippen LogP contribution < -0.4 is 15.4 Å². The first-order valence-corrected chi connectivity index (χ1v) is 12.8. The van der Waals surface area contributed by atoms with Crippen LogP contribution in [0.1, 0.15) is 40.3 Å². The molecule has 1 aliphatic heterocycles. The summed E-state index contributed by atoms with van der Waals surface area (Å²) in [4.78, 5) is 31.1. The number of carbonyl (C=O) groups is 2. The van der Waals surface area contributed by atoms with E-state index in [2.05, 4.69) is 15.6 Å². The fraction of sp³-hybridized carbons (Fsp3) is 0.172. The molecule has 0 aliphatic carbocycles. The molecule has 0 bridgehead atoms. The number of thiocarbonyl (C=S) groups is 1. The summed E-state index contributed by atoms with van der Waals surface area (Å²) in [6.45, 7) is 0.348. The molecule has 5 rings (SSSR count). The van der Waals surface area contributed by atoms with Gasteiger partial charge < -0.3 is 29.9 Å². The van der Waals surface area contributed by atoms with Crippen molar-refractivity contribution >= 4 is 34.9 Å². The van der Waals surface area contributed by atoms with Crippen molar-refractivity contribution in [3.63, 3.8) is 0 Å². The Hall–Kier alpha value is -4.70. The zero-order valence-corrected chi connectivity index (χ0v) is 22.0. The highest BCUT2D eigenvalue weighted by molar-refractivity contribution is 7.80. The van der Waals surface area contributed by atoms with Gasteiger partial charge in [-0.2, -0.15) is 0 Å². The first kappa shape index (κ1) is 25.9. The molecule has 3 N–H and O–H groups in total. The van der Waals surface area contributed by atoms with E-state index < -0.39 is 5.97 Å². The smallest absolute Gasteiger partial charge is 0.335 e. The van der Waals surface area contributed by atoms with Crippen molar-refractivity contribution in [2.75, 3.05) is 19.0 Å². The average molecular weight is 542 g/mol. The number of para-hydroxylation sites is 2. The van der Waals surface area contributed by atoms with Gasteiger partial charge >= 0.3 is 5.97 Å². The van der Waals surface area contributed by atoms with E-state index in [1.807, 2.05) is 64.2 Å². The van der Waals surface area contributed by atoms with Gasteiger partial charge in [0.2, 0.25) is 5.91 Å². The fourth-order valence-electron chi connectivity index (χ4n) is 4.81. The third kappa shape index (κ3) is 5.46. The van der Waals surface area contributed by atoms with Crippen molar-refractivity contribution in [1.29, 1.82) is 0 Å². The minimum atomic E-state index is -0.997. The maximum absolute atomic E-state index is 12.9. The van der Waals surface area contributed by atoms with Gasteiger partial charge in [-0.15, -0.1) is 0 Å². The van der Waals surface area contributed by atoms with Crippen LogP contribution >= 0.6 is 12.2 Å². The number of benzene rings is 2. The van der Waals surface area contributed by atoms with E-state index in [1.165, 1.54) is 0 Å². The highest BCUT2D eigenvalue weighted by atomic mass is 32.1. The molecule has 39 heavy (non-hydrogen) atoms. The van der Waals surface area contributed by atoms with Crippen molar-refractivity contribution < 1.29 is 19.4 Å². The molecule has 0 unspecified atom stereocenters. The molecule has 1 fully saturated rings. The maximum atomic E-state index is 12.9. The summed E-state index contributed by atoms with van der Waals surface area (Å²) in [6, 6.07) is 23.0. The Bertz CT molecular complexity index is 1510. The number of ether oxygens (including phenoxy) is 1. The van der Waals surface area contributed by atoms with E-state index in [1.54, 1.807) is 43.6 Å². The quantitative estimate of drug-likeness (QED) is 0.264. The number of rotatable bonds is 9. The summed E-state index contributed by atoms with van der Waals surface area (Å²) in [5.74, 6) is -0.589. The summed E-state index contributed by atoms with van der Waals surface area (Å²) in [6.07, 6.45) is 3.80. The second-order valence-electron chi connectivity index (χ2n) is 8.98. The lowest BCUT2D eigenvalue weighted by Gasteiger charge is -2.29. The lowest BCUT2D eigenvalue weighted by molar-refractivity contribution is -0.116. The molecule has 0 spiro atoms. The van der Waals surface area contributed by atoms with E-state index >= 15 is 0 Å². The van der Waals surface area contributed by atoms with Crippen molar-refractivity contribution in [2.45, 2.75) is 18.5 Å². The lowest BCUT2D eigenvalue weighted by Crippen LogP contribution is -2.33. The molecule has 2 atom stereocenters. The number of methoxy groups -OCH3 is 1. The van der Waals surface area contributed by atoms with Gasteiger partial charge in [0.25, 0.3) is 0 Å². The molecule has 198 valence electrons. The summed E-state index contributed by atoms with van der Waals surface area (Å²) in [5.41, 5.74) is 3.19. The van der Waals surface area contributed by atoms with Crippen LogP contribution in [0, 0.1) is 0 Å². The van der Waals surface area contributed by atoms with E-state index in [4.69, 9.17) is 17.0 Å². The number of carboxylic acid groups (broad SMARTS) is 1. The molecule has 1 aliphatic rings. The Morgan fingerprint density at radius 2 is 1.90 bits per heavy atom. The van der Waals surface area contributed by atoms with E-state index in [-0.39, 0.29) is 30.0 Å². The summed E-state index contributed by atoms with van der Waals surface area (Å²) in [5, 5.41) is 16.3. The Kier molecular flexibility index (Phi) is 7.55. The molecule has 2 aromatic carbocycles. The molecule has 4 aromatic rings. The highest BCUT2D eigenvalue weighted by Crippen LogP contribution is 2.39. The number of hydrogen-bond acceptors (Lipinski definition) is 5.